The van der Waals surface area contributed by atoms with Crippen LogP contribution in [0.15, 0.2) is 72.8 Å². The predicted octanol–water partition coefficient (Wildman–Crippen LogP) is 3.98. The number of aromatic amines is 1. The Kier molecular flexibility index (Phi) is 4.52. The summed E-state index contributed by atoms with van der Waals surface area (Å²) in [5.41, 5.74) is 4.87. The van der Waals surface area contributed by atoms with Gasteiger partial charge in [-0.25, -0.2) is 9.78 Å². The van der Waals surface area contributed by atoms with Gasteiger partial charge in [0.15, 0.2) is 6.61 Å². The molecule has 0 saturated heterocycles. The van der Waals surface area contributed by atoms with Crippen molar-refractivity contribution < 1.29 is 14.3 Å². The van der Waals surface area contributed by atoms with E-state index in [-0.39, 0.29) is 12.5 Å². The fourth-order valence-electron chi connectivity index (χ4n) is 3.76. The molecule has 148 valence electrons. The number of H-pyrrole nitrogens is 1. The molecule has 0 radical (unpaired) electrons. The third-order valence-corrected chi connectivity index (χ3v) is 5.28. The second-order valence-corrected chi connectivity index (χ2v) is 7.18. The maximum absolute atomic E-state index is 12.5. The van der Waals surface area contributed by atoms with Crippen molar-refractivity contribution in [2.45, 2.75) is 6.42 Å². The van der Waals surface area contributed by atoms with E-state index in [0.717, 1.165) is 40.1 Å². The highest BCUT2D eigenvalue weighted by atomic mass is 16.5. The molecule has 0 unspecified atom stereocenters. The number of benzene rings is 3. The molecule has 1 aromatic heterocycles. The Balaban J connectivity index is 1.29. The van der Waals surface area contributed by atoms with Crippen molar-refractivity contribution in [2.24, 2.45) is 0 Å². The number of imidazole rings is 1. The van der Waals surface area contributed by atoms with Crippen LogP contribution < -0.4 is 4.90 Å². The first kappa shape index (κ1) is 18.1. The summed E-state index contributed by atoms with van der Waals surface area (Å²) in [7, 11) is 0. The van der Waals surface area contributed by atoms with Gasteiger partial charge in [0.1, 0.15) is 5.82 Å². The van der Waals surface area contributed by atoms with E-state index in [9.17, 15) is 9.59 Å². The van der Waals surface area contributed by atoms with Crippen molar-refractivity contribution in [1.82, 2.24) is 9.97 Å². The third kappa shape index (κ3) is 3.33. The number of para-hydroxylation sites is 1. The van der Waals surface area contributed by atoms with Crippen LogP contribution in [0.2, 0.25) is 0 Å². The number of carbonyl (C=O) groups excluding carboxylic acids is 2. The second-order valence-electron chi connectivity index (χ2n) is 7.18. The summed E-state index contributed by atoms with van der Waals surface area (Å²) >= 11 is 0. The smallest absolute Gasteiger partial charge is 0.338 e. The van der Waals surface area contributed by atoms with Crippen LogP contribution in [0.1, 0.15) is 15.9 Å². The molecule has 1 aliphatic rings. The van der Waals surface area contributed by atoms with Gasteiger partial charge in [-0.2, -0.15) is 0 Å². The quantitative estimate of drug-likeness (QED) is 0.529. The predicted molar refractivity (Wildman–Crippen MR) is 114 cm³/mol. The second kappa shape index (κ2) is 7.48. The van der Waals surface area contributed by atoms with Gasteiger partial charge in [-0.1, -0.05) is 48.5 Å². The van der Waals surface area contributed by atoms with Crippen LogP contribution in [0.5, 0.6) is 0 Å². The zero-order valence-corrected chi connectivity index (χ0v) is 16.2. The van der Waals surface area contributed by atoms with Crippen LogP contribution in [-0.2, 0) is 16.0 Å². The maximum Gasteiger partial charge on any atom is 0.338 e. The Morgan fingerprint density at radius 3 is 2.67 bits per heavy atom. The van der Waals surface area contributed by atoms with E-state index in [4.69, 9.17) is 4.74 Å². The molecule has 4 aromatic rings. The molecule has 0 spiro atoms. The van der Waals surface area contributed by atoms with E-state index in [1.54, 1.807) is 23.1 Å². The Morgan fingerprint density at radius 2 is 1.80 bits per heavy atom. The third-order valence-electron chi connectivity index (χ3n) is 5.28. The van der Waals surface area contributed by atoms with Gasteiger partial charge >= 0.3 is 5.97 Å². The number of anilines is 1. The van der Waals surface area contributed by atoms with Crippen molar-refractivity contribution in [2.75, 3.05) is 18.1 Å². The number of hydrogen-bond donors (Lipinski definition) is 1. The summed E-state index contributed by atoms with van der Waals surface area (Å²) in [6.07, 6.45) is 0.816. The molecule has 6 nitrogen and oxygen atoms in total. The molecule has 0 fully saturated rings. The van der Waals surface area contributed by atoms with Gasteiger partial charge in [0.05, 0.1) is 16.6 Å². The molecule has 3 aromatic carbocycles. The summed E-state index contributed by atoms with van der Waals surface area (Å²) in [6.45, 7) is 0.321. The van der Waals surface area contributed by atoms with Gasteiger partial charge in [0, 0.05) is 17.8 Å². The minimum Gasteiger partial charge on any atom is -0.452 e. The minimum absolute atomic E-state index is 0.220. The summed E-state index contributed by atoms with van der Waals surface area (Å²) in [6, 6.07) is 22.7. The molecular weight excluding hydrogens is 378 g/mol. The van der Waals surface area contributed by atoms with E-state index >= 15 is 0 Å². The standard InChI is InChI=1S/C24H19N3O3/c28-22(27-13-12-16-6-4-5-9-21(16)27)15-30-24(29)18-10-11-19-20(14-18)26-23(25-19)17-7-2-1-3-8-17/h1-11,14H,12-13,15H2,(H,25,26). The van der Waals surface area contributed by atoms with Crippen LogP contribution in [0.3, 0.4) is 0 Å². The van der Waals surface area contributed by atoms with Crippen LogP contribution in [0.25, 0.3) is 22.4 Å². The topological polar surface area (TPSA) is 75.3 Å². The number of aromatic nitrogens is 2. The molecule has 6 heteroatoms. The fourth-order valence-corrected chi connectivity index (χ4v) is 3.76. The number of nitrogens with zero attached hydrogens (tertiary/aromatic N) is 2. The number of esters is 1. The van der Waals surface area contributed by atoms with Crippen LogP contribution in [-0.4, -0.2) is 35.0 Å². The first-order valence-electron chi connectivity index (χ1n) is 9.79. The lowest BCUT2D eigenvalue weighted by Gasteiger charge is -2.17. The van der Waals surface area contributed by atoms with E-state index in [1.165, 1.54) is 0 Å². The first-order valence-corrected chi connectivity index (χ1v) is 9.79. The molecule has 30 heavy (non-hydrogen) atoms. The Hall–Kier alpha value is -3.93. The summed E-state index contributed by atoms with van der Waals surface area (Å²) in [5, 5.41) is 0. The van der Waals surface area contributed by atoms with Crippen LogP contribution in [0, 0.1) is 0 Å². The molecule has 5 rings (SSSR count). The summed E-state index contributed by atoms with van der Waals surface area (Å²) < 4.78 is 5.29. The molecular formula is C24H19N3O3. The number of nitrogens with one attached hydrogen (secondary N) is 1. The van der Waals surface area contributed by atoms with E-state index in [1.807, 2.05) is 54.6 Å². The minimum atomic E-state index is -0.534. The average Bonchev–Trinajstić information content (AvgIpc) is 3.41. The highest BCUT2D eigenvalue weighted by Crippen LogP contribution is 2.27. The van der Waals surface area contributed by atoms with Gasteiger partial charge in [0.2, 0.25) is 0 Å². The molecule has 2 heterocycles. The number of fused-ring (bicyclic) bond motifs is 2. The first-order chi connectivity index (χ1) is 14.7. The zero-order valence-electron chi connectivity index (χ0n) is 16.2. The normalized spacial score (nSPS) is 12.7. The van der Waals surface area contributed by atoms with E-state index in [2.05, 4.69) is 9.97 Å². The highest BCUT2D eigenvalue weighted by molar-refractivity contribution is 5.99. The van der Waals surface area contributed by atoms with E-state index in [0.29, 0.717) is 12.1 Å². The Labute approximate surface area is 173 Å². The van der Waals surface area contributed by atoms with Crippen molar-refractivity contribution in [1.29, 1.82) is 0 Å². The monoisotopic (exact) mass is 397 g/mol. The number of hydrogen-bond acceptors (Lipinski definition) is 4. The van der Waals surface area contributed by atoms with Gasteiger partial charge in [0.25, 0.3) is 5.91 Å². The molecule has 0 bridgehead atoms. The lowest BCUT2D eigenvalue weighted by atomic mass is 10.2. The van der Waals surface area contributed by atoms with Crippen molar-refractivity contribution in [3.05, 3.63) is 83.9 Å². The van der Waals surface area contributed by atoms with Crippen molar-refractivity contribution in [3.8, 4) is 11.4 Å². The zero-order chi connectivity index (χ0) is 20.5. The highest BCUT2D eigenvalue weighted by Gasteiger charge is 2.25. The van der Waals surface area contributed by atoms with Crippen LogP contribution in [0.4, 0.5) is 5.69 Å². The molecule has 0 saturated carbocycles. The van der Waals surface area contributed by atoms with Gasteiger partial charge in [-0.05, 0) is 36.2 Å². The number of ether oxygens (including phenoxy) is 1. The SMILES string of the molecule is O=C(OCC(=O)N1CCc2ccccc21)c1ccc2nc(-c3ccccc3)[nH]c2c1. The van der Waals surface area contributed by atoms with Crippen LogP contribution >= 0.6 is 0 Å². The molecule has 1 N–H and O–H groups in total. The summed E-state index contributed by atoms with van der Waals surface area (Å²) in [4.78, 5) is 34.5. The number of carbonyl (C=O) groups is 2. The van der Waals surface area contributed by atoms with Gasteiger partial charge < -0.3 is 14.6 Å². The molecule has 1 amide bonds. The fraction of sp³-hybridized carbons (Fsp3) is 0.125. The van der Waals surface area contributed by atoms with Gasteiger partial charge in [-0.3, -0.25) is 4.79 Å². The Bertz CT molecular complexity index is 1250. The maximum atomic E-state index is 12.5. The molecule has 1 aliphatic heterocycles. The molecule has 0 aliphatic carbocycles. The van der Waals surface area contributed by atoms with Gasteiger partial charge in [-0.15, -0.1) is 0 Å². The van der Waals surface area contributed by atoms with Crippen molar-refractivity contribution in [3.63, 3.8) is 0 Å². The molecule has 0 atom stereocenters. The largest absolute Gasteiger partial charge is 0.452 e. The number of amides is 1. The lowest BCUT2D eigenvalue weighted by Crippen LogP contribution is -2.33. The Morgan fingerprint density at radius 1 is 1.00 bits per heavy atom. The van der Waals surface area contributed by atoms with E-state index < -0.39 is 5.97 Å². The summed E-state index contributed by atoms with van der Waals surface area (Å²) in [5.74, 6) is -0.0186. The lowest BCUT2D eigenvalue weighted by molar-refractivity contribution is -0.121. The number of rotatable bonds is 4. The average molecular weight is 397 g/mol. The van der Waals surface area contributed by atoms with Crippen molar-refractivity contribution >= 4 is 28.6 Å².